The van der Waals surface area contributed by atoms with Gasteiger partial charge < -0.3 is 9.94 Å². The van der Waals surface area contributed by atoms with Crippen LogP contribution in [0.3, 0.4) is 0 Å². The third kappa shape index (κ3) is 3.44. The van der Waals surface area contributed by atoms with Crippen LogP contribution in [0.5, 0.6) is 0 Å². The second-order valence-electron chi connectivity index (χ2n) is 3.23. The first-order valence-electron chi connectivity index (χ1n) is 4.54. The van der Waals surface area contributed by atoms with Crippen molar-refractivity contribution in [2.45, 2.75) is 13.1 Å². The van der Waals surface area contributed by atoms with Crippen LogP contribution in [0.2, 0.25) is 0 Å². The van der Waals surface area contributed by atoms with Gasteiger partial charge in [0.05, 0.1) is 5.56 Å². The minimum Gasteiger partial charge on any atom is -0.477 e. The average Bonchev–Trinajstić information content (AvgIpc) is 2.66. The number of hydroxylamine groups is 1. The maximum absolute atomic E-state index is 11.8. The first-order chi connectivity index (χ1) is 8.64. The Kier molecular flexibility index (Phi) is 4.14. The summed E-state index contributed by atoms with van der Waals surface area (Å²) in [4.78, 5) is 36.2. The normalized spacial score (nSPS) is 10.9. The van der Waals surface area contributed by atoms with Gasteiger partial charge in [0.25, 0.3) is 0 Å². The molecular formula is C9H6F3NO5S. The lowest BCUT2D eigenvalue weighted by Gasteiger charge is -2.07. The van der Waals surface area contributed by atoms with E-state index >= 15 is 0 Å². The summed E-state index contributed by atoms with van der Waals surface area (Å²) in [5, 5.41) is 9.84. The van der Waals surface area contributed by atoms with Gasteiger partial charge in [0.15, 0.2) is 0 Å². The van der Waals surface area contributed by atoms with E-state index in [-0.39, 0.29) is 16.0 Å². The van der Waals surface area contributed by atoms with Gasteiger partial charge in [0.1, 0.15) is 4.88 Å². The number of carboxylic acids is 1. The molecule has 10 heteroatoms. The van der Waals surface area contributed by atoms with Gasteiger partial charge in [0.2, 0.25) is 0 Å². The molecule has 0 aromatic carbocycles. The Morgan fingerprint density at radius 3 is 2.37 bits per heavy atom. The second kappa shape index (κ2) is 5.26. The number of hydrogen-bond acceptors (Lipinski definition) is 5. The molecule has 0 aliphatic carbocycles. The SMILES string of the molecule is Cc1c(C(=O)ONC(=O)C(F)(F)F)csc1C(=O)O. The number of carbonyl (C=O) groups excluding carboxylic acids is 2. The van der Waals surface area contributed by atoms with E-state index in [2.05, 4.69) is 4.84 Å². The van der Waals surface area contributed by atoms with Crippen LogP contribution in [0.25, 0.3) is 0 Å². The Morgan fingerprint density at radius 1 is 1.37 bits per heavy atom. The third-order valence-corrected chi connectivity index (χ3v) is 3.02. The molecule has 6 nitrogen and oxygen atoms in total. The molecule has 0 spiro atoms. The molecule has 0 saturated heterocycles. The smallest absolute Gasteiger partial charge is 0.474 e. The van der Waals surface area contributed by atoms with Crippen molar-refractivity contribution in [1.29, 1.82) is 0 Å². The zero-order valence-corrected chi connectivity index (χ0v) is 10.0. The van der Waals surface area contributed by atoms with Crippen LogP contribution in [-0.2, 0) is 9.63 Å². The fourth-order valence-corrected chi connectivity index (χ4v) is 1.93. The molecule has 0 aliphatic heterocycles. The summed E-state index contributed by atoms with van der Waals surface area (Å²) in [7, 11) is 0. The van der Waals surface area contributed by atoms with Crippen LogP contribution >= 0.6 is 11.3 Å². The van der Waals surface area contributed by atoms with Gasteiger partial charge >= 0.3 is 24.0 Å². The lowest BCUT2D eigenvalue weighted by Crippen LogP contribution is -2.38. The summed E-state index contributed by atoms with van der Waals surface area (Å²) < 4.78 is 35.4. The van der Waals surface area contributed by atoms with Gasteiger partial charge in [-0.3, -0.25) is 4.79 Å². The Labute approximate surface area is 107 Å². The highest BCUT2D eigenvalue weighted by molar-refractivity contribution is 7.12. The molecular weight excluding hydrogens is 291 g/mol. The van der Waals surface area contributed by atoms with Gasteiger partial charge in [-0.05, 0) is 12.5 Å². The Bertz CT molecular complexity index is 536. The maximum atomic E-state index is 11.8. The number of carboxylic acid groups (broad SMARTS) is 1. The van der Waals surface area contributed by atoms with Gasteiger partial charge in [-0.25, -0.2) is 9.59 Å². The first kappa shape index (κ1) is 15.0. The van der Waals surface area contributed by atoms with E-state index < -0.39 is 24.0 Å². The number of halogens is 3. The number of thiophene rings is 1. The molecule has 104 valence electrons. The number of carbonyl (C=O) groups is 3. The molecule has 0 fully saturated rings. The molecule has 1 rings (SSSR count). The standard InChI is InChI=1S/C9H6F3NO5S/c1-3-4(2-19-5(3)6(14)15)7(16)18-13-8(17)9(10,11)12/h2H,1H3,(H,13,17)(H,14,15). The zero-order valence-electron chi connectivity index (χ0n) is 9.20. The van der Waals surface area contributed by atoms with E-state index in [1.807, 2.05) is 0 Å². The summed E-state index contributed by atoms with van der Waals surface area (Å²) in [6.45, 7) is 1.29. The van der Waals surface area contributed by atoms with Crippen molar-refractivity contribution in [2.24, 2.45) is 0 Å². The molecule has 0 radical (unpaired) electrons. The largest absolute Gasteiger partial charge is 0.477 e. The molecule has 0 saturated carbocycles. The van der Waals surface area contributed by atoms with Crippen LogP contribution in [-0.4, -0.2) is 29.1 Å². The van der Waals surface area contributed by atoms with Gasteiger partial charge in [-0.1, -0.05) is 0 Å². The lowest BCUT2D eigenvalue weighted by atomic mass is 10.2. The number of alkyl halides is 3. The maximum Gasteiger partial charge on any atom is 0.474 e. The third-order valence-electron chi connectivity index (χ3n) is 1.95. The molecule has 1 aromatic heterocycles. The zero-order chi connectivity index (χ0) is 14.8. The van der Waals surface area contributed by atoms with E-state index in [9.17, 15) is 27.6 Å². The van der Waals surface area contributed by atoms with E-state index in [4.69, 9.17) is 5.11 Å². The molecule has 1 heterocycles. The highest BCUT2D eigenvalue weighted by Crippen LogP contribution is 2.22. The molecule has 0 aliphatic rings. The topological polar surface area (TPSA) is 92.7 Å². The fraction of sp³-hybridized carbons (Fsp3) is 0.222. The molecule has 19 heavy (non-hydrogen) atoms. The number of amides is 1. The van der Waals surface area contributed by atoms with Crippen molar-refractivity contribution in [3.05, 3.63) is 21.4 Å². The number of hydrogen-bond donors (Lipinski definition) is 2. The van der Waals surface area contributed by atoms with Crippen LogP contribution in [0.4, 0.5) is 13.2 Å². The molecule has 0 unspecified atom stereocenters. The quantitative estimate of drug-likeness (QED) is 0.807. The first-order valence-corrected chi connectivity index (χ1v) is 5.42. The van der Waals surface area contributed by atoms with Crippen molar-refractivity contribution < 1.29 is 37.5 Å². The summed E-state index contributed by atoms with van der Waals surface area (Å²) >= 11 is 0.717. The highest BCUT2D eigenvalue weighted by Gasteiger charge is 2.40. The predicted octanol–water partition coefficient (Wildman–Crippen LogP) is 1.51. The molecule has 1 amide bonds. The van der Waals surface area contributed by atoms with Crippen LogP contribution in [0, 0.1) is 6.92 Å². The van der Waals surface area contributed by atoms with E-state index in [0.717, 1.165) is 22.2 Å². The minimum absolute atomic E-state index is 0.0451. The van der Waals surface area contributed by atoms with Gasteiger partial charge in [0, 0.05) is 5.38 Å². The monoisotopic (exact) mass is 297 g/mol. The fourth-order valence-electron chi connectivity index (χ4n) is 1.03. The Morgan fingerprint density at radius 2 is 1.95 bits per heavy atom. The summed E-state index contributed by atoms with van der Waals surface area (Å²) in [5.74, 6) is -4.99. The number of nitrogens with one attached hydrogen (secondary N) is 1. The molecule has 2 N–H and O–H groups in total. The van der Waals surface area contributed by atoms with Crippen LogP contribution in [0.1, 0.15) is 25.6 Å². The highest BCUT2D eigenvalue weighted by atomic mass is 32.1. The minimum atomic E-state index is -5.18. The molecule has 0 bridgehead atoms. The van der Waals surface area contributed by atoms with Gasteiger partial charge in [-0.2, -0.15) is 18.7 Å². The van der Waals surface area contributed by atoms with E-state index in [0.29, 0.717) is 0 Å². The summed E-state index contributed by atoms with van der Waals surface area (Å²) in [6, 6.07) is 0. The van der Waals surface area contributed by atoms with Crippen molar-refractivity contribution in [2.75, 3.05) is 0 Å². The Hall–Kier alpha value is -2.10. The van der Waals surface area contributed by atoms with E-state index in [1.165, 1.54) is 6.92 Å². The van der Waals surface area contributed by atoms with E-state index in [1.54, 1.807) is 0 Å². The van der Waals surface area contributed by atoms with Crippen LogP contribution in [0.15, 0.2) is 5.38 Å². The summed E-state index contributed by atoms with van der Waals surface area (Å²) in [5.41, 5.74) is 0.744. The lowest BCUT2D eigenvalue weighted by molar-refractivity contribution is -0.182. The van der Waals surface area contributed by atoms with Crippen molar-refractivity contribution in [1.82, 2.24) is 5.48 Å². The van der Waals surface area contributed by atoms with Crippen molar-refractivity contribution in [3.63, 3.8) is 0 Å². The Balaban J connectivity index is 2.75. The number of aromatic carboxylic acids is 1. The number of rotatable bonds is 2. The second-order valence-corrected chi connectivity index (χ2v) is 4.11. The van der Waals surface area contributed by atoms with Crippen molar-refractivity contribution >= 4 is 29.2 Å². The van der Waals surface area contributed by atoms with Crippen molar-refractivity contribution in [3.8, 4) is 0 Å². The summed E-state index contributed by atoms with van der Waals surface area (Å²) in [6.07, 6.45) is -5.18. The van der Waals surface area contributed by atoms with Crippen LogP contribution < -0.4 is 5.48 Å². The average molecular weight is 297 g/mol. The molecule has 1 aromatic rings. The van der Waals surface area contributed by atoms with Gasteiger partial charge in [-0.15, -0.1) is 11.3 Å². The molecule has 0 atom stereocenters. The predicted molar refractivity (Wildman–Crippen MR) is 55.6 cm³/mol.